The summed E-state index contributed by atoms with van der Waals surface area (Å²) in [6.07, 6.45) is 6.16. The van der Waals surface area contributed by atoms with E-state index in [1.54, 1.807) is 12.5 Å². The predicted molar refractivity (Wildman–Crippen MR) is 104 cm³/mol. The molecule has 0 N–H and O–H groups in total. The monoisotopic (exact) mass is 377 g/mol. The van der Waals surface area contributed by atoms with Crippen LogP contribution in [0.1, 0.15) is 33.7 Å². The van der Waals surface area contributed by atoms with Crippen LogP contribution in [0.3, 0.4) is 0 Å². The Labute approximate surface area is 164 Å². The molecule has 3 aromatic rings. The van der Waals surface area contributed by atoms with E-state index in [0.717, 1.165) is 29.9 Å². The van der Waals surface area contributed by atoms with Gasteiger partial charge in [0.2, 0.25) is 0 Å². The summed E-state index contributed by atoms with van der Waals surface area (Å²) in [5, 5.41) is 0. The number of likely N-dealkylation sites (tertiary alicyclic amines) is 1. The minimum Gasteiger partial charge on any atom is -0.458 e. The molecule has 0 spiro atoms. The van der Waals surface area contributed by atoms with E-state index in [-0.39, 0.29) is 12.0 Å². The van der Waals surface area contributed by atoms with Gasteiger partial charge in [0.25, 0.3) is 5.91 Å². The van der Waals surface area contributed by atoms with E-state index in [0.29, 0.717) is 24.7 Å². The molecule has 7 nitrogen and oxygen atoms in total. The fourth-order valence-corrected chi connectivity index (χ4v) is 3.43. The van der Waals surface area contributed by atoms with Gasteiger partial charge < -0.3 is 14.2 Å². The molecule has 0 aliphatic carbocycles. The number of nitrogens with zero attached hydrogens (tertiary/aromatic N) is 5. The summed E-state index contributed by atoms with van der Waals surface area (Å²) in [5.74, 6) is 0.0293. The van der Waals surface area contributed by atoms with E-state index in [1.165, 1.54) is 0 Å². The van der Waals surface area contributed by atoms with Gasteiger partial charge in [-0.2, -0.15) is 0 Å². The van der Waals surface area contributed by atoms with Crippen LogP contribution in [0.2, 0.25) is 0 Å². The van der Waals surface area contributed by atoms with Gasteiger partial charge in [-0.3, -0.25) is 4.79 Å². The first-order valence-corrected chi connectivity index (χ1v) is 9.40. The maximum absolute atomic E-state index is 12.8. The van der Waals surface area contributed by atoms with Crippen LogP contribution in [0, 0.1) is 13.8 Å². The second kappa shape index (κ2) is 7.80. The number of ether oxygens (including phenoxy) is 1. The summed E-state index contributed by atoms with van der Waals surface area (Å²) >= 11 is 0. The molecule has 1 unspecified atom stereocenters. The van der Waals surface area contributed by atoms with Gasteiger partial charge in [-0.25, -0.2) is 15.0 Å². The van der Waals surface area contributed by atoms with Crippen LogP contribution >= 0.6 is 0 Å². The van der Waals surface area contributed by atoms with Gasteiger partial charge >= 0.3 is 6.01 Å². The average molecular weight is 377 g/mol. The van der Waals surface area contributed by atoms with Gasteiger partial charge in [-0.05, 0) is 37.6 Å². The molecule has 1 fully saturated rings. The van der Waals surface area contributed by atoms with Crippen LogP contribution in [0.4, 0.5) is 0 Å². The zero-order valence-electron chi connectivity index (χ0n) is 16.1. The Morgan fingerprint density at radius 1 is 1.18 bits per heavy atom. The summed E-state index contributed by atoms with van der Waals surface area (Å²) < 4.78 is 7.90. The first-order valence-electron chi connectivity index (χ1n) is 9.40. The lowest BCUT2D eigenvalue weighted by Crippen LogP contribution is -2.31. The Morgan fingerprint density at radius 3 is 2.61 bits per heavy atom. The number of aromatic nitrogens is 4. The standard InChI is InChI=1S/C21H23N5O2/c1-15-11-16(2)24-21(23-15)28-19-7-9-26(13-19)20(27)18-5-3-17(4-6-18)12-25-10-8-22-14-25/h3-6,8,10-11,14,19H,7,9,12-13H2,1-2H3. The number of amides is 1. The van der Waals surface area contributed by atoms with Crippen molar-refractivity contribution in [3.05, 3.63) is 71.6 Å². The lowest BCUT2D eigenvalue weighted by atomic mass is 10.1. The van der Waals surface area contributed by atoms with Gasteiger partial charge in [0.05, 0.1) is 12.9 Å². The molecule has 1 aliphatic rings. The normalized spacial score (nSPS) is 16.4. The molecule has 7 heteroatoms. The van der Waals surface area contributed by atoms with Crippen LogP contribution in [-0.2, 0) is 6.54 Å². The molecule has 1 amide bonds. The Morgan fingerprint density at radius 2 is 1.93 bits per heavy atom. The van der Waals surface area contributed by atoms with Crippen molar-refractivity contribution in [2.45, 2.75) is 32.9 Å². The summed E-state index contributed by atoms with van der Waals surface area (Å²) in [7, 11) is 0. The zero-order valence-corrected chi connectivity index (χ0v) is 16.1. The average Bonchev–Trinajstić information content (AvgIpc) is 3.33. The highest BCUT2D eigenvalue weighted by Crippen LogP contribution is 2.19. The SMILES string of the molecule is Cc1cc(C)nc(OC2CCN(C(=O)c3ccc(Cn4ccnc4)cc3)C2)n1. The lowest BCUT2D eigenvalue weighted by molar-refractivity contribution is 0.0769. The van der Waals surface area contributed by atoms with E-state index < -0.39 is 0 Å². The number of aryl methyl sites for hydroxylation is 2. The van der Waals surface area contributed by atoms with Gasteiger partial charge in [0, 0.05) is 48.9 Å². The van der Waals surface area contributed by atoms with Crippen molar-refractivity contribution in [3.63, 3.8) is 0 Å². The fraction of sp³-hybridized carbons (Fsp3) is 0.333. The first kappa shape index (κ1) is 18.2. The third-order valence-corrected chi connectivity index (χ3v) is 4.79. The van der Waals surface area contributed by atoms with Crippen molar-refractivity contribution in [2.75, 3.05) is 13.1 Å². The quantitative estimate of drug-likeness (QED) is 0.683. The number of rotatable bonds is 5. The molecule has 4 rings (SSSR count). The maximum atomic E-state index is 12.8. The summed E-state index contributed by atoms with van der Waals surface area (Å²) in [4.78, 5) is 27.3. The number of carbonyl (C=O) groups excluding carboxylic acids is 1. The number of hydrogen-bond donors (Lipinski definition) is 0. The minimum atomic E-state index is -0.0781. The third kappa shape index (κ3) is 4.19. The van der Waals surface area contributed by atoms with E-state index in [4.69, 9.17) is 4.74 Å². The van der Waals surface area contributed by atoms with Gasteiger partial charge in [-0.1, -0.05) is 12.1 Å². The van der Waals surface area contributed by atoms with Crippen molar-refractivity contribution >= 4 is 5.91 Å². The van der Waals surface area contributed by atoms with Gasteiger partial charge in [-0.15, -0.1) is 0 Å². The minimum absolute atomic E-state index is 0.0293. The predicted octanol–water partition coefficient (Wildman–Crippen LogP) is 2.63. The van der Waals surface area contributed by atoms with Crippen LogP contribution in [0.15, 0.2) is 49.1 Å². The molecular formula is C21H23N5O2. The van der Waals surface area contributed by atoms with E-state index in [2.05, 4.69) is 15.0 Å². The second-order valence-electron chi connectivity index (χ2n) is 7.14. The van der Waals surface area contributed by atoms with E-state index >= 15 is 0 Å². The smallest absolute Gasteiger partial charge is 0.317 e. The summed E-state index contributed by atoms with van der Waals surface area (Å²) in [6, 6.07) is 10.0. The Kier molecular flexibility index (Phi) is 5.06. The molecule has 0 bridgehead atoms. The van der Waals surface area contributed by atoms with Crippen molar-refractivity contribution < 1.29 is 9.53 Å². The summed E-state index contributed by atoms with van der Waals surface area (Å²) in [5.41, 5.74) is 3.58. The van der Waals surface area contributed by atoms with E-state index in [1.807, 2.05) is 59.8 Å². The molecule has 0 radical (unpaired) electrons. The molecular weight excluding hydrogens is 354 g/mol. The summed E-state index contributed by atoms with van der Waals surface area (Å²) in [6.45, 7) is 5.80. The molecule has 28 heavy (non-hydrogen) atoms. The zero-order chi connectivity index (χ0) is 19.5. The number of carbonyl (C=O) groups is 1. The van der Waals surface area contributed by atoms with Crippen molar-refractivity contribution in [1.82, 2.24) is 24.4 Å². The first-order chi connectivity index (χ1) is 13.6. The lowest BCUT2D eigenvalue weighted by Gasteiger charge is -2.17. The number of hydrogen-bond acceptors (Lipinski definition) is 5. The van der Waals surface area contributed by atoms with Crippen molar-refractivity contribution in [3.8, 4) is 6.01 Å². The third-order valence-electron chi connectivity index (χ3n) is 4.79. The highest BCUT2D eigenvalue weighted by molar-refractivity contribution is 5.94. The molecule has 144 valence electrons. The fourth-order valence-electron chi connectivity index (χ4n) is 3.43. The number of imidazole rings is 1. The molecule has 1 aliphatic heterocycles. The maximum Gasteiger partial charge on any atom is 0.317 e. The highest BCUT2D eigenvalue weighted by Gasteiger charge is 2.29. The van der Waals surface area contributed by atoms with Gasteiger partial charge in [0.1, 0.15) is 6.10 Å². The Bertz CT molecular complexity index is 933. The molecule has 2 aromatic heterocycles. The van der Waals surface area contributed by atoms with Crippen LogP contribution in [-0.4, -0.2) is 49.5 Å². The second-order valence-corrected chi connectivity index (χ2v) is 7.14. The largest absolute Gasteiger partial charge is 0.458 e. The van der Waals surface area contributed by atoms with Crippen LogP contribution in [0.25, 0.3) is 0 Å². The molecule has 1 saturated heterocycles. The Balaban J connectivity index is 1.36. The molecule has 3 heterocycles. The van der Waals surface area contributed by atoms with Gasteiger partial charge in [0.15, 0.2) is 0 Å². The molecule has 0 saturated carbocycles. The molecule has 1 aromatic carbocycles. The number of benzene rings is 1. The van der Waals surface area contributed by atoms with Crippen molar-refractivity contribution in [2.24, 2.45) is 0 Å². The van der Waals surface area contributed by atoms with Crippen molar-refractivity contribution in [1.29, 1.82) is 0 Å². The highest BCUT2D eigenvalue weighted by atomic mass is 16.5. The van der Waals surface area contributed by atoms with E-state index in [9.17, 15) is 4.79 Å². The topological polar surface area (TPSA) is 73.1 Å². The Hall–Kier alpha value is -3.22. The van der Waals surface area contributed by atoms with Crippen LogP contribution in [0.5, 0.6) is 6.01 Å². The van der Waals surface area contributed by atoms with Crippen LogP contribution < -0.4 is 4.74 Å². The molecule has 1 atom stereocenters.